The molecule has 0 saturated heterocycles. The second kappa shape index (κ2) is 4.58. The van der Waals surface area contributed by atoms with Crippen molar-refractivity contribution in [1.29, 1.82) is 0 Å². The number of nitrogens with zero attached hydrogens (tertiary/aromatic N) is 1. The SMILES string of the molecule is Cc1ccc(C(C)c2cccc3ccn(C)c23)cc1. The Morgan fingerprint density at radius 2 is 1.68 bits per heavy atom. The van der Waals surface area contributed by atoms with Crippen molar-refractivity contribution in [2.75, 3.05) is 0 Å². The number of aromatic nitrogens is 1. The fraction of sp³-hybridized carbons (Fsp3) is 0.222. The van der Waals surface area contributed by atoms with E-state index in [9.17, 15) is 0 Å². The van der Waals surface area contributed by atoms with E-state index in [0.717, 1.165) is 0 Å². The van der Waals surface area contributed by atoms with Gasteiger partial charge in [-0.3, -0.25) is 0 Å². The first-order chi connectivity index (χ1) is 9.16. The van der Waals surface area contributed by atoms with E-state index in [2.05, 4.69) is 80.2 Å². The molecule has 0 N–H and O–H groups in total. The molecule has 0 fully saturated rings. The molecule has 3 aromatic rings. The maximum Gasteiger partial charge on any atom is 0.0516 e. The van der Waals surface area contributed by atoms with Gasteiger partial charge in [-0.2, -0.15) is 0 Å². The molecule has 0 amide bonds. The molecule has 1 heteroatoms. The summed E-state index contributed by atoms with van der Waals surface area (Å²) in [6.07, 6.45) is 2.13. The second-order valence-electron chi connectivity index (χ2n) is 5.34. The molecule has 0 aliphatic rings. The summed E-state index contributed by atoms with van der Waals surface area (Å²) in [5.41, 5.74) is 5.43. The Bertz CT molecular complexity index is 704. The fourth-order valence-electron chi connectivity index (χ4n) is 2.77. The van der Waals surface area contributed by atoms with Crippen molar-refractivity contribution in [2.45, 2.75) is 19.8 Å². The third-order valence-electron chi connectivity index (χ3n) is 3.97. The van der Waals surface area contributed by atoms with Crippen molar-refractivity contribution in [2.24, 2.45) is 7.05 Å². The Labute approximate surface area is 114 Å². The number of hydrogen-bond donors (Lipinski definition) is 0. The van der Waals surface area contributed by atoms with Crippen LogP contribution in [0.15, 0.2) is 54.7 Å². The normalized spacial score (nSPS) is 12.8. The molecule has 1 heterocycles. The third-order valence-corrected chi connectivity index (χ3v) is 3.97. The van der Waals surface area contributed by atoms with E-state index in [4.69, 9.17) is 0 Å². The van der Waals surface area contributed by atoms with Crippen LogP contribution in [-0.4, -0.2) is 4.57 Å². The van der Waals surface area contributed by atoms with Gasteiger partial charge in [-0.15, -0.1) is 0 Å². The minimum atomic E-state index is 0.415. The van der Waals surface area contributed by atoms with Crippen molar-refractivity contribution < 1.29 is 0 Å². The highest BCUT2D eigenvalue weighted by molar-refractivity contribution is 5.84. The van der Waals surface area contributed by atoms with E-state index in [1.165, 1.54) is 27.6 Å². The number of benzene rings is 2. The van der Waals surface area contributed by atoms with E-state index in [1.54, 1.807) is 0 Å². The van der Waals surface area contributed by atoms with E-state index < -0.39 is 0 Å². The van der Waals surface area contributed by atoms with Gasteiger partial charge in [0.15, 0.2) is 0 Å². The van der Waals surface area contributed by atoms with E-state index in [1.807, 2.05) is 0 Å². The van der Waals surface area contributed by atoms with Crippen LogP contribution < -0.4 is 0 Å². The minimum absolute atomic E-state index is 0.415. The largest absolute Gasteiger partial charge is 0.350 e. The number of para-hydroxylation sites is 1. The molecule has 0 radical (unpaired) electrons. The third kappa shape index (κ3) is 2.06. The van der Waals surface area contributed by atoms with Crippen LogP contribution in [0, 0.1) is 6.92 Å². The predicted octanol–water partition coefficient (Wildman–Crippen LogP) is 4.64. The lowest BCUT2D eigenvalue weighted by molar-refractivity contribution is 0.898. The summed E-state index contributed by atoms with van der Waals surface area (Å²) in [5, 5.41) is 1.32. The van der Waals surface area contributed by atoms with Gasteiger partial charge in [0.05, 0.1) is 5.52 Å². The lowest BCUT2D eigenvalue weighted by Crippen LogP contribution is -1.99. The molecule has 1 nitrogen and oxygen atoms in total. The molecule has 0 aliphatic carbocycles. The first-order valence-corrected chi connectivity index (χ1v) is 6.77. The van der Waals surface area contributed by atoms with Crippen LogP contribution in [0.25, 0.3) is 10.9 Å². The quantitative estimate of drug-likeness (QED) is 0.623. The summed E-state index contributed by atoms with van der Waals surface area (Å²) in [4.78, 5) is 0. The zero-order valence-electron chi connectivity index (χ0n) is 11.7. The molecule has 0 saturated carbocycles. The van der Waals surface area contributed by atoms with Crippen LogP contribution in [0.4, 0.5) is 0 Å². The Morgan fingerprint density at radius 3 is 2.42 bits per heavy atom. The Balaban J connectivity index is 2.13. The van der Waals surface area contributed by atoms with Crippen LogP contribution in [0.5, 0.6) is 0 Å². The highest BCUT2D eigenvalue weighted by Gasteiger charge is 2.13. The smallest absolute Gasteiger partial charge is 0.0516 e. The summed E-state index contributed by atoms with van der Waals surface area (Å²) in [7, 11) is 2.12. The summed E-state index contributed by atoms with van der Waals surface area (Å²) in [6, 6.07) is 17.6. The summed E-state index contributed by atoms with van der Waals surface area (Å²) in [6.45, 7) is 4.42. The van der Waals surface area contributed by atoms with Crippen LogP contribution in [-0.2, 0) is 7.05 Å². The van der Waals surface area contributed by atoms with E-state index in [-0.39, 0.29) is 0 Å². The second-order valence-corrected chi connectivity index (χ2v) is 5.34. The van der Waals surface area contributed by atoms with Crippen LogP contribution in [0.2, 0.25) is 0 Å². The van der Waals surface area contributed by atoms with Crippen molar-refractivity contribution in [3.8, 4) is 0 Å². The van der Waals surface area contributed by atoms with Gasteiger partial charge < -0.3 is 4.57 Å². The lowest BCUT2D eigenvalue weighted by atomic mass is 9.91. The first-order valence-electron chi connectivity index (χ1n) is 6.77. The van der Waals surface area contributed by atoms with Gasteiger partial charge in [0.1, 0.15) is 0 Å². The zero-order valence-corrected chi connectivity index (χ0v) is 11.7. The van der Waals surface area contributed by atoms with Crippen molar-refractivity contribution >= 4 is 10.9 Å². The molecule has 19 heavy (non-hydrogen) atoms. The maximum absolute atomic E-state index is 2.28. The van der Waals surface area contributed by atoms with Crippen LogP contribution >= 0.6 is 0 Å². The highest BCUT2D eigenvalue weighted by Crippen LogP contribution is 2.30. The average molecular weight is 249 g/mol. The topological polar surface area (TPSA) is 4.93 Å². The minimum Gasteiger partial charge on any atom is -0.350 e. The highest BCUT2D eigenvalue weighted by atomic mass is 14.9. The lowest BCUT2D eigenvalue weighted by Gasteiger charge is -2.15. The molecule has 96 valence electrons. The fourth-order valence-corrected chi connectivity index (χ4v) is 2.77. The van der Waals surface area contributed by atoms with E-state index in [0.29, 0.717) is 5.92 Å². The summed E-state index contributed by atoms with van der Waals surface area (Å²) >= 11 is 0. The molecular formula is C18H19N. The van der Waals surface area contributed by atoms with Crippen molar-refractivity contribution in [3.05, 3.63) is 71.4 Å². The first kappa shape index (κ1) is 12.0. The Kier molecular flexibility index (Phi) is 2.90. The Morgan fingerprint density at radius 1 is 0.947 bits per heavy atom. The standard InChI is InChI=1S/C18H19N/c1-13-7-9-15(10-8-13)14(2)17-6-4-5-16-11-12-19(3)18(16)17/h4-12,14H,1-3H3. The molecule has 0 aliphatic heterocycles. The van der Waals surface area contributed by atoms with Gasteiger partial charge in [-0.25, -0.2) is 0 Å². The molecule has 2 aromatic carbocycles. The van der Waals surface area contributed by atoms with Crippen LogP contribution in [0.1, 0.15) is 29.5 Å². The average Bonchev–Trinajstić information content (AvgIpc) is 2.81. The number of fused-ring (bicyclic) bond motifs is 1. The van der Waals surface area contributed by atoms with E-state index >= 15 is 0 Å². The molecule has 3 rings (SSSR count). The van der Waals surface area contributed by atoms with Gasteiger partial charge in [-0.1, -0.05) is 55.0 Å². The predicted molar refractivity (Wildman–Crippen MR) is 81.6 cm³/mol. The molecular weight excluding hydrogens is 230 g/mol. The number of aryl methyl sites for hydroxylation is 2. The Hall–Kier alpha value is -2.02. The molecule has 0 spiro atoms. The van der Waals surface area contributed by atoms with Gasteiger partial charge in [0, 0.05) is 19.2 Å². The molecule has 1 atom stereocenters. The van der Waals surface area contributed by atoms with Gasteiger partial charge in [0.2, 0.25) is 0 Å². The van der Waals surface area contributed by atoms with Gasteiger partial charge >= 0.3 is 0 Å². The van der Waals surface area contributed by atoms with Crippen molar-refractivity contribution in [1.82, 2.24) is 4.57 Å². The van der Waals surface area contributed by atoms with Crippen LogP contribution in [0.3, 0.4) is 0 Å². The van der Waals surface area contributed by atoms with Gasteiger partial charge in [0.25, 0.3) is 0 Å². The van der Waals surface area contributed by atoms with Gasteiger partial charge in [-0.05, 0) is 29.5 Å². The molecule has 0 bridgehead atoms. The number of rotatable bonds is 2. The summed E-state index contributed by atoms with van der Waals surface area (Å²) < 4.78 is 2.22. The maximum atomic E-state index is 2.28. The monoisotopic (exact) mass is 249 g/mol. The van der Waals surface area contributed by atoms with Crippen molar-refractivity contribution in [3.63, 3.8) is 0 Å². The molecule has 1 unspecified atom stereocenters. The summed E-state index contributed by atoms with van der Waals surface area (Å²) in [5.74, 6) is 0.415. The molecule has 1 aromatic heterocycles. The number of hydrogen-bond acceptors (Lipinski definition) is 0. The zero-order chi connectivity index (χ0) is 13.4.